The number of pyridine rings is 1. The summed E-state index contributed by atoms with van der Waals surface area (Å²) in [6.07, 6.45) is 8.09. The monoisotopic (exact) mass is 272 g/mol. The van der Waals surface area contributed by atoms with Gasteiger partial charge < -0.3 is 10.4 Å². The topological polar surface area (TPSA) is 45.2 Å². The summed E-state index contributed by atoms with van der Waals surface area (Å²) in [4.78, 5) is 4.41. The van der Waals surface area contributed by atoms with Gasteiger partial charge >= 0.3 is 0 Å². The number of benzene rings is 1. The van der Waals surface area contributed by atoms with Crippen molar-refractivity contribution in [2.24, 2.45) is 0 Å². The van der Waals surface area contributed by atoms with E-state index in [0.29, 0.717) is 6.04 Å². The number of rotatable bonds is 7. The predicted octanol–water partition coefficient (Wildman–Crippen LogP) is 4.71. The summed E-state index contributed by atoms with van der Waals surface area (Å²) in [5.41, 5.74) is 0. The minimum atomic E-state index is 0.282. The lowest BCUT2D eigenvalue weighted by molar-refractivity contribution is 0.476. The van der Waals surface area contributed by atoms with E-state index in [0.717, 1.165) is 23.0 Å². The molecule has 108 valence electrons. The Morgan fingerprint density at radius 2 is 2.05 bits per heavy atom. The highest BCUT2D eigenvalue weighted by atomic mass is 16.3. The molecule has 0 saturated heterocycles. The molecule has 0 radical (unpaired) electrons. The Hall–Kier alpha value is -1.77. The lowest BCUT2D eigenvalue weighted by Crippen LogP contribution is -2.16. The fourth-order valence-corrected chi connectivity index (χ4v) is 2.45. The van der Waals surface area contributed by atoms with Gasteiger partial charge in [-0.1, -0.05) is 38.7 Å². The molecule has 3 nitrogen and oxygen atoms in total. The number of phenolic OH excluding ortho intramolecular Hbond substituents is 1. The molecule has 1 atom stereocenters. The molecule has 0 spiro atoms. The number of nitrogens with one attached hydrogen (secondary N) is 1. The highest BCUT2D eigenvalue weighted by molar-refractivity contribution is 5.92. The average molecular weight is 272 g/mol. The Morgan fingerprint density at radius 3 is 2.85 bits per heavy atom. The van der Waals surface area contributed by atoms with Crippen LogP contribution in [0.4, 0.5) is 5.82 Å². The van der Waals surface area contributed by atoms with Crippen LogP contribution in [0, 0.1) is 0 Å². The van der Waals surface area contributed by atoms with Crippen molar-refractivity contribution in [2.75, 3.05) is 5.32 Å². The van der Waals surface area contributed by atoms with Gasteiger partial charge in [0.05, 0.1) is 0 Å². The minimum absolute atomic E-state index is 0.282. The van der Waals surface area contributed by atoms with Crippen LogP contribution >= 0.6 is 0 Å². The number of anilines is 1. The highest BCUT2D eigenvalue weighted by Gasteiger charge is 2.07. The van der Waals surface area contributed by atoms with Gasteiger partial charge in [0, 0.05) is 17.6 Å². The summed E-state index contributed by atoms with van der Waals surface area (Å²) < 4.78 is 0. The third kappa shape index (κ3) is 3.86. The largest absolute Gasteiger partial charge is 0.508 e. The molecule has 2 rings (SSSR count). The van der Waals surface area contributed by atoms with Gasteiger partial charge in [0.25, 0.3) is 0 Å². The van der Waals surface area contributed by atoms with Gasteiger partial charge in [-0.25, -0.2) is 4.98 Å². The molecule has 0 saturated carbocycles. The van der Waals surface area contributed by atoms with Gasteiger partial charge in [0.2, 0.25) is 0 Å². The molecule has 2 aromatic rings. The van der Waals surface area contributed by atoms with Crippen LogP contribution in [0.25, 0.3) is 10.8 Å². The molecule has 0 amide bonds. The number of hydrogen-bond acceptors (Lipinski definition) is 3. The second kappa shape index (κ2) is 7.13. The Bertz CT molecular complexity index is 554. The van der Waals surface area contributed by atoms with Crippen LogP contribution in [0.1, 0.15) is 46.0 Å². The van der Waals surface area contributed by atoms with Crippen molar-refractivity contribution in [3.8, 4) is 5.75 Å². The predicted molar refractivity (Wildman–Crippen MR) is 85.3 cm³/mol. The van der Waals surface area contributed by atoms with Crippen LogP contribution in [0.15, 0.2) is 30.5 Å². The Morgan fingerprint density at radius 1 is 1.20 bits per heavy atom. The second-order valence-electron chi connectivity index (χ2n) is 5.46. The highest BCUT2D eigenvalue weighted by Crippen LogP contribution is 2.25. The lowest BCUT2D eigenvalue weighted by atomic mass is 10.1. The van der Waals surface area contributed by atoms with Crippen molar-refractivity contribution in [1.29, 1.82) is 0 Å². The zero-order chi connectivity index (χ0) is 14.4. The van der Waals surface area contributed by atoms with E-state index >= 15 is 0 Å². The smallest absolute Gasteiger partial charge is 0.134 e. The molecule has 1 aromatic heterocycles. The minimum Gasteiger partial charge on any atom is -0.508 e. The lowest BCUT2D eigenvalue weighted by Gasteiger charge is -2.16. The first-order chi connectivity index (χ1) is 9.70. The van der Waals surface area contributed by atoms with E-state index in [9.17, 15) is 5.11 Å². The van der Waals surface area contributed by atoms with E-state index in [1.807, 2.05) is 18.3 Å². The number of phenols is 1. The van der Waals surface area contributed by atoms with Gasteiger partial charge in [-0.05, 0) is 36.9 Å². The fraction of sp³-hybridized carbons (Fsp3) is 0.471. The molecular weight excluding hydrogens is 248 g/mol. The molecule has 3 heteroatoms. The standard InChI is InChI=1S/C17H24N2O/c1-3-4-5-6-7-13(2)19-17-16-12-15(20)9-8-14(16)10-11-18-17/h8-13,20H,3-7H2,1-2H3,(H,18,19). The van der Waals surface area contributed by atoms with Crippen molar-refractivity contribution in [3.05, 3.63) is 30.5 Å². The van der Waals surface area contributed by atoms with Crippen molar-refractivity contribution in [2.45, 2.75) is 52.0 Å². The zero-order valence-corrected chi connectivity index (χ0v) is 12.4. The van der Waals surface area contributed by atoms with E-state index in [2.05, 4.69) is 24.1 Å². The number of fused-ring (bicyclic) bond motifs is 1. The van der Waals surface area contributed by atoms with Crippen LogP contribution in [0.5, 0.6) is 5.75 Å². The zero-order valence-electron chi connectivity index (χ0n) is 12.4. The molecule has 0 aliphatic heterocycles. The van der Waals surface area contributed by atoms with Crippen molar-refractivity contribution < 1.29 is 5.11 Å². The first kappa shape index (κ1) is 14.6. The van der Waals surface area contributed by atoms with E-state index in [1.165, 1.54) is 25.7 Å². The van der Waals surface area contributed by atoms with Crippen molar-refractivity contribution in [1.82, 2.24) is 4.98 Å². The van der Waals surface area contributed by atoms with Gasteiger partial charge in [-0.15, -0.1) is 0 Å². The number of hydrogen-bond donors (Lipinski definition) is 2. The van der Waals surface area contributed by atoms with Crippen LogP contribution < -0.4 is 5.32 Å². The Labute approximate surface area is 121 Å². The number of aromatic nitrogens is 1. The SMILES string of the molecule is CCCCCCC(C)Nc1nccc2ccc(O)cc12. The average Bonchev–Trinajstić information content (AvgIpc) is 2.44. The van der Waals surface area contributed by atoms with Gasteiger partial charge in [0.1, 0.15) is 11.6 Å². The molecule has 1 unspecified atom stereocenters. The Balaban J connectivity index is 2.03. The molecule has 0 fully saturated rings. The van der Waals surface area contributed by atoms with Crippen LogP contribution in [-0.4, -0.2) is 16.1 Å². The summed E-state index contributed by atoms with van der Waals surface area (Å²) >= 11 is 0. The first-order valence-corrected chi connectivity index (χ1v) is 7.55. The quantitative estimate of drug-likeness (QED) is 0.717. The summed E-state index contributed by atoms with van der Waals surface area (Å²) in [6.45, 7) is 4.42. The Kier molecular flexibility index (Phi) is 5.22. The van der Waals surface area contributed by atoms with Crippen LogP contribution in [0.2, 0.25) is 0 Å². The van der Waals surface area contributed by atoms with Crippen LogP contribution in [-0.2, 0) is 0 Å². The maximum Gasteiger partial charge on any atom is 0.134 e. The maximum atomic E-state index is 9.63. The normalized spacial score (nSPS) is 12.5. The van der Waals surface area contributed by atoms with Crippen molar-refractivity contribution in [3.63, 3.8) is 0 Å². The number of unbranched alkanes of at least 4 members (excludes halogenated alkanes) is 3. The second-order valence-corrected chi connectivity index (χ2v) is 5.46. The van der Waals surface area contributed by atoms with E-state index in [1.54, 1.807) is 12.1 Å². The van der Waals surface area contributed by atoms with E-state index < -0.39 is 0 Å². The van der Waals surface area contributed by atoms with Crippen molar-refractivity contribution >= 4 is 16.6 Å². The summed E-state index contributed by atoms with van der Waals surface area (Å²) in [7, 11) is 0. The summed E-state index contributed by atoms with van der Waals surface area (Å²) in [5.74, 6) is 1.14. The summed E-state index contributed by atoms with van der Waals surface area (Å²) in [5, 5.41) is 15.2. The summed E-state index contributed by atoms with van der Waals surface area (Å²) in [6, 6.07) is 7.76. The van der Waals surface area contributed by atoms with E-state index in [4.69, 9.17) is 0 Å². The molecule has 1 aromatic carbocycles. The molecular formula is C17H24N2O. The molecule has 2 N–H and O–H groups in total. The molecule has 0 aliphatic rings. The molecule has 1 heterocycles. The number of aromatic hydroxyl groups is 1. The third-order valence-corrected chi connectivity index (χ3v) is 3.62. The molecule has 0 aliphatic carbocycles. The maximum absolute atomic E-state index is 9.63. The molecule has 20 heavy (non-hydrogen) atoms. The fourth-order valence-electron chi connectivity index (χ4n) is 2.45. The van der Waals surface area contributed by atoms with E-state index in [-0.39, 0.29) is 5.75 Å². The van der Waals surface area contributed by atoms with Gasteiger partial charge in [-0.3, -0.25) is 0 Å². The van der Waals surface area contributed by atoms with Gasteiger partial charge in [0.15, 0.2) is 0 Å². The van der Waals surface area contributed by atoms with Gasteiger partial charge in [-0.2, -0.15) is 0 Å². The number of nitrogens with zero attached hydrogens (tertiary/aromatic N) is 1. The van der Waals surface area contributed by atoms with Crippen LogP contribution in [0.3, 0.4) is 0 Å². The first-order valence-electron chi connectivity index (χ1n) is 7.55. The molecule has 0 bridgehead atoms. The third-order valence-electron chi connectivity index (χ3n) is 3.62.